The Balaban J connectivity index is 2.41. The number of ether oxygens (including phenoxy) is 1. The maximum absolute atomic E-state index is 14.0. The van der Waals surface area contributed by atoms with E-state index >= 15 is 0 Å². The molecule has 0 radical (unpaired) electrons. The van der Waals surface area contributed by atoms with E-state index in [1.807, 2.05) is 6.92 Å². The van der Waals surface area contributed by atoms with Crippen LogP contribution in [0.1, 0.15) is 23.7 Å². The molecule has 1 aliphatic rings. The fourth-order valence-electron chi connectivity index (χ4n) is 2.25. The van der Waals surface area contributed by atoms with Gasteiger partial charge in [-0.1, -0.05) is 6.92 Å². The fraction of sp³-hybridized carbons (Fsp3) is 0.462. The Morgan fingerprint density at radius 2 is 2.11 bits per heavy atom. The largest absolute Gasteiger partial charge is 0.478 e. The summed E-state index contributed by atoms with van der Waals surface area (Å²) in [6, 6.07) is 1.60. The SMILES string of the molecule is CCC1COCCN1c1c(F)cc(C(=O)O)cc1F. The minimum absolute atomic E-state index is 0.103. The Morgan fingerprint density at radius 1 is 1.47 bits per heavy atom. The lowest BCUT2D eigenvalue weighted by atomic mass is 10.1. The molecule has 0 saturated carbocycles. The van der Waals surface area contributed by atoms with Crippen molar-refractivity contribution in [3.63, 3.8) is 0 Å². The molecule has 0 spiro atoms. The van der Waals surface area contributed by atoms with Crippen LogP contribution < -0.4 is 4.90 Å². The summed E-state index contributed by atoms with van der Waals surface area (Å²) in [6.45, 7) is 3.11. The first-order chi connectivity index (χ1) is 9.04. The van der Waals surface area contributed by atoms with Gasteiger partial charge in [-0.05, 0) is 18.6 Å². The zero-order valence-electron chi connectivity index (χ0n) is 10.5. The number of anilines is 1. The van der Waals surface area contributed by atoms with Crippen LogP contribution in [0.5, 0.6) is 0 Å². The molecule has 0 aliphatic carbocycles. The highest BCUT2D eigenvalue weighted by Crippen LogP contribution is 2.28. The number of carboxylic acids is 1. The Hall–Kier alpha value is -1.69. The van der Waals surface area contributed by atoms with Gasteiger partial charge in [-0.15, -0.1) is 0 Å². The second-order valence-corrected chi connectivity index (χ2v) is 4.42. The first-order valence-electron chi connectivity index (χ1n) is 6.11. The second-order valence-electron chi connectivity index (χ2n) is 4.42. The Labute approximate surface area is 109 Å². The summed E-state index contributed by atoms with van der Waals surface area (Å²) in [4.78, 5) is 12.4. The third-order valence-corrected chi connectivity index (χ3v) is 3.25. The summed E-state index contributed by atoms with van der Waals surface area (Å²) >= 11 is 0. The zero-order valence-corrected chi connectivity index (χ0v) is 10.5. The van der Waals surface area contributed by atoms with Gasteiger partial charge in [-0.2, -0.15) is 0 Å². The van der Waals surface area contributed by atoms with Gasteiger partial charge in [0, 0.05) is 6.54 Å². The van der Waals surface area contributed by atoms with Gasteiger partial charge in [0.1, 0.15) is 17.3 Å². The molecule has 1 saturated heterocycles. The van der Waals surface area contributed by atoms with Gasteiger partial charge in [0.05, 0.1) is 24.8 Å². The fourth-order valence-corrected chi connectivity index (χ4v) is 2.25. The molecular formula is C13H15F2NO3. The summed E-state index contributed by atoms with van der Waals surface area (Å²) < 4.78 is 33.2. The normalized spacial score (nSPS) is 19.5. The van der Waals surface area contributed by atoms with Gasteiger partial charge in [0.2, 0.25) is 0 Å². The predicted molar refractivity (Wildman–Crippen MR) is 65.6 cm³/mol. The van der Waals surface area contributed by atoms with E-state index in [0.717, 1.165) is 12.1 Å². The Kier molecular flexibility index (Phi) is 3.99. The highest BCUT2D eigenvalue weighted by Gasteiger charge is 2.27. The van der Waals surface area contributed by atoms with E-state index in [1.165, 1.54) is 0 Å². The van der Waals surface area contributed by atoms with Gasteiger partial charge < -0.3 is 14.7 Å². The average molecular weight is 271 g/mol. The van der Waals surface area contributed by atoms with Gasteiger partial charge >= 0.3 is 5.97 Å². The number of nitrogens with zero attached hydrogens (tertiary/aromatic N) is 1. The summed E-state index contributed by atoms with van der Waals surface area (Å²) in [5.74, 6) is -3.05. The number of halogens is 2. The Bertz CT molecular complexity index is 470. The molecule has 104 valence electrons. The van der Waals surface area contributed by atoms with Crippen LogP contribution in [-0.4, -0.2) is 36.9 Å². The number of morpholine rings is 1. The lowest BCUT2D eigenvalue weighted by molar-refractivity contribution is 0.0695. The second kappa shape index (κ2) is 5.52. The van der Waals surface area contributed by atoms with Crippen molar-refractivity contribution in [1.29, 1.82) is 0 Å². The van der Waals surface area contributed by atoms with Crippen LogP contribution in [-0.2, 0) is 4.74 Å². The lowest BCUT2D eigenvalue weighted by Crippen LogP contribution is -2.46. The van der Waals surface area contributed by atoms with Crippen molar-refractivity contribution < 1.29 is 23.4 Å². The maximum atomic E-state index is 14.0. The first kappa shape index (κ1) is 13.7. The van der Waals surface area contributed by atoms with Crippen LogP contribution in [0.15, 0.2) is 12.1 Å². The summed E-state index contributed by atoms with van der Waals surface area (Å²) in [7, 11) is 0. The highest BCUT2D eigenvalue weighted by molar-refractivity contribution is 5.88. The quantitative estimate of drug-likeness (QED) is 0.916. The van der Waals surface area contributed by atoms with Gasteiger partial charge in [0.15, 0.2) is 0 Å². The third kappa shape index (κ3) is 2.68. The predicted octanol–water partition coefficient (Wildman–Crippen LogP) is 2.28. The molecule has 19 heavy (non-hydrogen) atoms. The van der Waals surface area contributed by atoms with Crippen LogP contribution in [0.3, 0.4) is 0 Å². The first-order valence-corrected chi connectivity index (χ1v) is 6.11. The van der Waals surface area contributed by atoms with Crippen LogP contribution in [0.4, 0.5) is 14.5 Å². The minimum atomic E-state index is -1.35. The molecule has 1 atom stereocenters. The molecule has 2 rings (SSSR count). The lowest BCUT2D eigenvalue weighted by Gasteiger charge is -2.37. The van der Waals surface area contributed by atoms with Gasteiger partial charge in [0.25, 0.3) is 0 Å². The molecule has 0 bridgehead atoms. The van der Waals surface area contributed by atoms with Crippen molar-refractivity contribution in [3.8, 4) is 0 Å². The standard InChI is InChI=1S/C13H15F2NO3/c1-2-9-7-19-4-3-16(9)12-10(14)5-8(13(17)18)6-11(12)15/h5-6,9H,2-4,7H2,1H3,(H,17,18). The number of hydrogen-bond acceptors (Lipinski definition) is 3. The number of benzene rings is 1. The molecule has 0 aromatic heterocycles. The topological polar surface area (TPSA) is 49.8 Å². The van der Waals surface area contributed by atoms with Crippen molar-refractivity contribution >= 4 is 11.7 Å². The zero-order chi connectivity index (χ0) is 14.0. The molecule has 1 aromatic rings. The highest BCUT2D eigenvalue weighted by atomic mass is 19.1. The van der Waals surface area contributed by atoms with Crippen molar-refractivity contribution in [2.24, 2.45) is 0 Å². The van der Waals surface area contributed by atoms with Crippen LogP contribution in [0.2, 0.25) is 0 Å². The van der Waals surface area contributed by atoms with Crippen LogP contribution in [0.25, 0.3) is 0 Å². The summed E-state index contributed by atoms with van der Waals surface area (Å²) in [5, 5.41) is 8.77. The molecule has 1 heterocycles. The van der Waals surface area contributed by atoms with Crippen LogP contribution >= 0.6 is 0 Å². The van der Waals surface area contributed by atoms with E-state index in [9.17, 15) is 13.6 Å². The van der Waals surface area contributed by atoms with Crippen molar-refractivity contribution in [2.45, 2.75) is 19.4 Å². The summed E-state index contributed by atoms with van der Waals surface area (Å²) in [6.07, 6.45) is 0.694. The van der Waals surface area contributed by atoms with E-state index < -0.39 is 17.6 Å². The van der Waals surface area contributed by atoms with Crippen molar-refractivity contribution in [1.82, 2.24) is 0 Å². The molecule has 1 aromatic carbocycles. The van der Waals surface area contributed by atoms with Crippen molar-refractivity contribution in [2.75, 3.05) is 24.7 Å². The number of rotatable bonds is 3. The number of hydrogen-bond donors (Lipinski definition) is 1. The molecule has 0 amide bonds. The van der Waals surface area contributed by atoms with Gasteiger partial charge in [-0.3, -0.25) is 0 Å². The van der Waals surface area contributed by atoms with E-state index in [-0.39, 0.29) is 17.3 Å². The smallest absolute Gasteiger partial charge is 0.335 e. The van der Waals surface area contributed by atoms with E-state index in [0.29, 0.717) is 26.2 Å². The number of aromatic carboxylic acids is 1. The molecule has 4 nitrogen and oxygen atoms in total. The molecule has 1 aliphatic heterocycles. The average Bonchev–Trinajstić information content (AvgIpc) is 2.38. The van der Waals surface area contributed by atoms with E-state index in [1.54, 1.807) is 4.90 Å². The summed E-state index contributed by atoms with van der Waals surface area (Å²) in [5.41, 5.74) is -0.555. The van der Waals surface area contributed by atoms with E-state index in [4.69, 9.17) is 9.84 Å². The molecule has 6 heteroatoms. The molecule has 1 N–H and O–H groups in total. The molecule has 1 unspecified atom stereocenters. The number of carbonyl (C=O) groups is 1. The minimum Gasteiger partial charge on any atom is -0.478 e. The maximum Gasteiger partial charge on any atom is 0.335 e. The molecular weight excluding hydrogens is 256 g/mol. The molecule has 1 fully saturated rings. The van der Waals surface area contributed by atoms with E-state index in [2.05, 4.69) is 0 Å². The number of carboxylic acid groups (broad SMARTS) is 1. The monoisotopic (exact) mass is 271 g/mol. The van der Waals surface area contributed by atoms with Gasteiger partial charge in [-0.25, -0.2) is 13.6 Å². The van der Waals surface area contributed by atoms with Crippen molar-refractivity contribution in [3.05, 3.63) is 29.3 Å². The Morgan fingerprint density at radius 3 is 2.63 bits per heavy atom. The van der Waals surface area contributed by atoms with Crippen LogP contribution in [0, 0.1) is 11.6 Å². The third-order valence-electron chi connectivity index (χ3n) is 3.25.